The molecule has 0 bridgehead atoms. The molecule has 1 N–H and O–H groups in total. The van der Waals surface area contributed by atoms with Gasteiger partial charge in [-0.15, -0.1) is 0 Å². The first kappa shape index (κ1) is 15.2. The Balaban J connectivity index is 2.35. The Hall–Kier alpha value is -0.830. The zero-order valence-electron chi connectivity index (χ0n) is 11.7. The summed E-state index contributed by atoms with van der Waals surface area (Å²) >= 11 is 1.99. The number of thioether (sulfide) groups is 1. The molecule has 0 aromatic heterocycles. The van der Waals surface area contributed by atoms with Crippen LogP contribution >= 0.6 is 11.8 Å². The smallest absolute Gasteiger partial charge is 0.121 e. The fourth-order valence-corrected chi connectivity index (χ4v) is 2.18. The molecule has 1 aromatic carbocycles. The molecule has 0 spiro atoms. The molecule has 0 saturated heterocycles. The van der Waals surface area contributed by atoms with Crippen LogP contribution in [0.1, 0.15) is 33.6 Å². The zero-order chi connectivity index (χ0) is 13.2. The molecule has 1 rings (SSSR count). The summed E-state index contributed by atoms with van der Waals surface area (Å²) in [5, 5.41) is 3.44. The summed E-state index contributed by atoms with van der Waals surface area (Å²) < 4.78 is 5.80. The van der Waals surface area contributed by atoms with E-state index in [4.69, 9.17) is 4.74 Å². The van der Waals surface area contributed by atoms with Gasteiger partial charge in [-0.05, 0) is 43.4 Å². The van der Waals surface area contributed by atoms with Gasteiger partial charge in [0, 0.05) is 18.3 Å². The van der Waals surface area contributed by atoms with Crippen LogP contribution in [0.2, 0.25) is 0 Å². The number of hydrogen-bond acceptors (Lipinski definition) is 3. The summed E-state index contributed by atoms with van der Waals surface area (Å²) in [6.07, 6.45) is 2.52. The second-order valence-electron chi connectivity index (χ2n) is 4.34. The molecule has 1 aromatic rings. The van der Waals surface area contributed by atoms with Crippen LogP contribution in [0, 0.1) is 0 Å². The van der Waals surface area contributed by atoms with E-state index in [9.17, 15) is 0 Å². The second-order valence-corrected chi connectivity index (χ2v) is 5.74. The Morgan fingerprint density at radius 2 is 2.17 bits per heavy atom. The number of benzene rings is 1. The maximum atomic E-state index is 5.80. The van der Waals surface area contributed by atoms with Gasteiger partial charge in [0.15, 0.2) is 0 Å². The summed E-state index contributed by atoms with van der Waals surface area (Å²) in [5.41, 5.74) is 1.15. The molecule has 0 aliphatic heterocycles. The van der Waals surface area contributed by atoms with Crippen LogP contribution in [-0.4, -0.2) is 24.2 Å². The number of nitrogens with one attached hydrogen (secondary N) is 1. The van der Waals surface area contributed by atoms with Crippen LogP contribution in [0.3, 0.4) is 0 Å². The van der Waals surface area contributed by atoms with Crippen molar-refractivity contribution < 1.29 is 4.74 Å². The van der Waals surface area contributed by atoms with E-state index in [-0.39, 0.29) is 6.10 Å². The molecular weight excluding hydrogens is 242 g/mol. The van der Waals surface area contributed by atoms with Gasteiger partial charge in [-0.1, -0.05) is 19.9 Å². The molecule has 0 fully saturated rings. The molecule has 1 unspecified atom stereocenters. The lowest BCUT2D eigenvalue weighted by Crippen LogP contribution is -2.10. The molecule has 0 radical (unpaired) electrons. The van der Waals surface area contributed by atoms with Crippen LogP contribution in [0.15, 0.2) is 24.3 Å². The maximum absolute atomic E-state index is 5.80. The predicted molar refractivity (Wildman–Crippen MR) is 82.9 cm³/mol. The molecule has 0 amide bonds. The zero-order valence-corrected chi connectivity index (χ0v) is 12.6. The van der Waals surface area contributed by atoms with Gasteiger partial charge in [0.2, 0.25) is 0 Å². The van der Waals surface area contributed by atoms with Crippen LogP contribution in [0.25, 0.3) is 0 Å². The Kier molecular flexibility index (Phi) is 7.74. The van der Waals surface area contributed by atoms with Crippen molar-refractivity contribution in [2.45, 2.75) is 39.7 Å². The summed E-state index contributed by atoms with van der Waals surface area (Å²) in [6.45, 7) is 7.47. The molecule has 18 heavy (non-hydrogen) atoms. The lowest BCUT2D eigenvalue weighted by molar-refractivity contribution is 0.217. The fraction of sp³-hybridized carbons (Fsp3) is 0.600. The van der Waals surface area contributed by atoms with Crippen LogP contribution in [0.4, 0.5) is 5.69 Å². The monoisotopic (exact) mass is 267 g/mol. The predicted octanol–water partition coefficient (Wildman–Crippen LogP) is 4.42. The highest BCUT2D eigenvalue weighted by Crippen LogP contribution is 2.19. The van der Waals surface area contributed by atoms with Crippen molar-refractivity contribution in [2.24, 2.45) is 0 Å². The quantitative estimate of drug-likeness (QED) is 0.669. The van der Waals surface area contributed by atoms with Crippen molar-refractivity contribution in [3.63, 3.8) is 0 Å². The van der Waals surface area contributed by atoms with Gasteiger partial charge >= 0.3 is 0 Å². The number of ether oxygens (including phenoxy) is 1. The highest BCUT2D eigenvalue weighted by atomic mass is 32.2. The largest absolute Gasteiger partial charge is 0.491 e. The first-order chi connectivity index (χ1) is 8.76. The standard InChI is InChI=1S/C15H25NOS/c1-4-13(3)17-15-9-6-8-14(12-15)16-10-7-11-18-5-2/h6,8-9,12-13,16H,4-5,7,10-11H2,1-3H3. The molecule has 0 aliphatic rings. The van der Waals surface area contributed by atoms with Crippen molar-refractivity contribution >= 4 is 17.4 Å². The first-order valence-electron chi connectivity index (χ1n) is 6.84. The first-order valence-corrected chi connectivity index (χ1v) is 8.00. The summed E-state index contributed by atoms with van der Waals surface area (Å²) in [6, 6.07) is 8.24. The molecule has 0 heterocycles. The van der Waals surface area contributed by atoms with Gasteiger partial charge < -0.3 is 10.1 Å². The molecule has 0 saturated carbocycles. The van der Waals surface area contributed by atoms with E-state index >= 15 is 0 Å². The summed E-state index contributed by atoms with van der Waals surface area (Å²) in [5.74, 6) is 3.39. The number of rotatable bonds is 9. The van der Waals surface area contributed by atoms with Crippen molar-refractivity contribution in [3.8, 4) is 5.75 Å². The summed E-state index contributed by atoms with van der Waals surface area (Å²) in [4.78, 5) is 0. The van der Waals surface area contributed by atoms with Crippen molar-refractivity contribution in [3.05, 3.63) is 24.3 Å². The molecule has 102 valence electrons. The Morgan fingerprint density at radius 3 is 2.89 bits per heavy atom. The molecule has 1 atom stereocenters. The van der Waals surface area contributed by atoms with E-state index in [1.165, 1.54) is 17.9 Å². The molecule has 3 heteroatoms. The number of hydrogen-bond donors (Lipinski definition) is 1. The second kappa shape index (κ2) is 9.15. The van der Waals surface area contributed by atoms with E-state index in [1.54, 1.807) is 0 Å². The fourth-order valence-electron chi connectivity index (χ4n) is 1.55. The SMILES string of the molecule is CCSCCCNc1cccc(OC(C)CC)c1. The van der Waals surface area contributed by atoms with Crippen molar-refractivity contribution in [1.82, 2.24) is 0 Å². The summed E-state index contributed by atoms with van der Waals surface area (Å²) in [7, 11) is 0. The Bertz CT molecular complexity index is 330. The van der Waals surface area contributed by atoms with E-state index in [0.717, 1.165) is 24.4 Å². The van der Waals surface area contributed by atoms with Crippen molar-refractivity contribution in [1.29, 1.82) is 0 Å². The Labute approximate surface area is 116 Å². The van der Waals surface area contributed by atoms with Gasteiger partial charge in [-0.25, -0.2) is 0 Å². The average Bonchev–Trinajstić information content (AvgIpc) is 2.39. The lowest BCUT2D eigenvalue weighted by atomic mass is 10.2. The lowest BCUT2D eigenvalue weighted by Gasteiger charge is -2.14. The normalized spacial score (nSPS) is 12.2. The van der Waals surface area contributed by atoms with E-state index in [0.29, 0.717) is 0 Å². The third-order valence-electron chi connectivity index (χ3n) is 2.74. The molecular formula is C15H25NOS. The van der Waals surface area contributed by atoms with Gasteiger partial charge in [-0.2, -0.15) is 11.8 Å². The minimum Gasteiger partial charge on any atom is -0.491 e. The van der Waals surface area contributed by atoms with Crippen LogP contribution in [-0.2, 0) is 0 Å². The highest BCUT2D eigenvalue weighted by molar-refractivity contribution is 7.99. The van der Waals surface area contributed by atoms with E-state index in [2.05, 4.69) is 38.2 Å². The third-order valence-corrected chi connectivity index (χ3v) is 3.73. The highest BCUT2D eigenvalue weighted by Gasteiger charge is 2.01. The maximum Gasteiger partial charge on any atom is 0.121 e. The topological polar surface area (TPSA) is 21.3 Å². The van der Waals surface area contributed by atoms with Gasteiger partial charge in [0.1, 0.15) is 5.75 Å². The molecule has 2 nitrogen and oxygen atoms in total. The van der Waals surface area contributed by atoms with Crippen molar-refractivity contribution in [2.75, 3.05) is 23.4 Å². The van der Waals surface area contributed by atoms with Crippen LogP contribution in [0.5, 0.6) is 5.75 Å². The number of anilines is 1. The van der Waals surface area contributed by atoms with E-state index < -0.39 is 0 Å². The van der Waals surface area contributed by atoms with Crippen LogP contribution < -0.4 is 10.1 Å². The van der Waals surface area contributed by atoms with Gasteiger partial charge in [0.05, 0.1) is 6.10 Å². The Morgan fingerprint density at radius 1 is 1.33 bits per heavy atom. The third kappa shape index (κ3) is 6.20. The van der Waals surface area contributed by atoms with Gasteiger partial charge in [-0.3, -0.25) is 0 Å². The van der Waals surface area contributed by atoms with E-state index in [1.807, 2.05) is 23.9 Å². The minimum absolute atomic E-state index is 0.279. The molecule has 0 aliphatic carbocycles. The van der Waals surface area contributed by atoms with Gasteiger partial charge in [0.25, 0.3) is 0 Å². The minimum atomic E-state index is 0.279. The average molecular weight is 267 g/mol.